The zero-order valence-corrected chi connectivity index (χ0v) is 9.27. The van der Waals surface area contributed by atoms with Crippen LogP contribution in [0.15, 0.2) is 36.5 Å². The van der Waals surface area contributed by atoms with E-state index in [1.807, 2.05) is 44.3 Å². The van der Waals surface area contributed by atoms with E-state index in [0.29, 0.717) is 5.69 Å². The lowest BCUT2D eigenvalue weighted by Crippen LogP contribution is -2.15. The van der Waals surface area contributed by atoms with E-state index >= 15 is 0 Å². The largest absolute Gasteiger partial charge is 0.327 e. The highest BCUT2D eigenvalue weighted by molar-refractivity contribution is 6.02. The first-order chi connectivity index (χ1) is 7.68. The third kappa shape index (κ3) is 1.95. The van der Waals surface area contributed by atoms with Gasteiger partial charge in [0.25, 0.3) is 5.91 Å². The Bertz CT molecular complexity index is 502. The lowest BCUT2D eigenvalue weighted by atomic mass is 10.3. The molecule has 0 aliphatic rings. The maximum atomic E-state index is 11.9. The first-order valence-electron chi connectivity index (χ1n) is 5.03. The highest BCUT2D eigenvalue weighted by Crippen LogP contribution is 2.08. The molecule has 0 saturated heterocycles. The number of rotatable bonds is 2. The fourth-order valence-corrected chi connectivity index (χ4v) is 1.43. The van der Waals surface area contributed by atoms with Crippen LogP contribution < -0.4 is 5.32 Å². The summed E-state index contributed by atoms with van der Waals surface area (Å²) in [5, 5.41) is 2.81. The van der Waals surface area contributed by atoms with Gasteiger partial charge in [-0.3, -0.25) is 4.79 Å². The quantitative estimate of drug-likeness (QED) is 0.832. The molecule has 0 fully saturated rings. The van der Waals surface area contributed by atoms with Gasteiger partial charge in [0.2, 0.25) is 0 Å². The van der Waals surface area contributed by atoms with Crippen LogP contribution in [0.2, 0.25) is 0 Å². The molecule has 0 saturated carbocycles. The van der Waals surface area contributed by atoms with Crippen LogP contribution in [0.25, 0.3) is 0 Å². The number of imidazole rings is 1. The van der Waals surface area contributed by atoms with Gasteiger partial charge in [-0.2, -0.15) is 0 Å². The van der Waals surface area contributed by atoms with E-state index in [9.17, 15) is 4.79 Å². The standard InChI is InChI=1S/C12H13N3O/c1-9-13-8-11(15(9)2)12(16)14-10-6-4-3-5-7-10/h3-8H,1-2H3,(H,14,16). The van der Waals surface area contributed by atoms with E-state index < -0.39 is 0 Å². The number of aromatic nitrogens is 2. The molecular formula is C12H13N3O. The van der Waals surface area contributed by atoms with Gasteiger partial charge in [-0.1, -0.05) is 18.2 Å². The summed E-state index contributed by atoms with van der Waals surface area (Å²) < 4.78 is 1.76. The maximum absolute atomic E-state index is 11.9. The highest BCUT2D eigenvalue weighted by atomic mass is 16.2. The van der Waals surface area contributed by atoms with Gasteiger partial charge in [0.1, 0.15) is 11.5 Å². The number of amides is 1. The van der Waals surface area contributed by atoms with Gasteiger partial charge in [0, 0.05) is 12.7 Å². The summed E-state index contributed by atoms with van der Waals surface area (Å²) in [4.78, 5) is 16.0. The van der Waals surface area contributed by atoms with Crippen LogP contribution in [0.4, 0.5) is 5.69 Å². The average Bonchev–Trinajstić information content (AvgIpc) is 2.61. The molecule has 4 heteroatoms. The first-order valence-corrected chi connectivity index (χ1v) is 5.03. The number of para-hydroxylation sites is 1. The molecule has 1 heterocycles. The van der Waals surface area contributed by atoms with E-state index in [1.54, 1.807) is 10.8 Å². The van der Waals surface area contributed by atoms with E-state index in [2.05, 4.69) is 10.3 Å². The molecule has 4 nitrogen and oxygen atoms in total. The van der Waals surface area contributed by atoms with Crippen molar-refractivity contribution in [1.82, 2.24) is 9.55 Å². The first kappa shape index (κ1) is 10.4. The van der Waals surface area contributed by atoms with Crippen LogP contribution in [0.3, 0.4) is 0 Å². The molecule has 82 valence electrons. The Morgan fingerprint density at radius 3 is 2.56 bits per heavy atom. The smallest absolute Gasteiger partial charge is 0.273 e. The zero-order valence-electron chi connectivity index (χ0n) is 9.27. The van der Waals surface area contributed by atoms with Gasteiger partial charge in [0.05, 0.1) is 6.20 Å². The Morgan fingerprint density at radius 2 is 2.00 bits per heavy atom. The SMILES string of the molecule is Cc1ncc(C(=O)Nc2ccccc2)n1C. The van der Waals surface area contributed by atoms with Gasteiger partial charge in [0.15, 0.2) is 0 Å². The summed E-state index contributed by atoms with van der Waals surface area (Å²) in [5.74, 6) is 0.674. The Kier molecular flexibility index (Phi) is 2.72. The summed E-state index contributed by atoms with van der Waals surface area (Å²) in [6.45, 7) is 1.86. The van der Waals surface area contributed by atoms with E-state index in [1.165, 1.54) is 0 Å². The Hall–Kier alpha value is -2.10. The second-order valence-corrected chi connectivity index (χ2v) is 3.57. The number of carbonyl (C=O) groups excluding carboxylic acids is 1. The van der Waals surface area contributed by atoms with Crippen molar-refractivity contribution in [3.8, 4) is 0 Å². The topological polar surface area (TPSA) is 46.9 Å². The lowest BCUT2D eigenvalue weighted by molar-refractivity contribution is 0.101. The second-order valence-electron chi connectivity index (χ2n) is 3.57. The molecule has 0 unspecified atom stereocenters. The second kappa shape index (κ2) is 4.18. The fourth-order valence-electron chi connectivity index (χ4n) is 1.43. The van der Waals surface area contributed by atoms with Gasteiger partial charge in [-0.25, -0.2) is 4.98 Å². The normalized spacial score (nSPS) is 10.1. The third-order valence-corrected chi connectivity index (χ3v) is 2.48. The number of hydrogen-bond acceptors (Lipinski definition) is 2. The molecule has 2 aromatic rings. The van der Waals surface area contributed by atoms with Crippen LogP contribution in [-0.2, 0) is 7.05 Å². The van der Waals surface area contributed by atoms with Gasteiger partial charge in [-0.05, 0) is 19.1 Å². The monoisotopic (exact) mass is 215 g/mol. The van der Waals surface area contributed by atoms with Crippen molar-refractivity contribution in [2.45, 2.75) is 6.92 Å². The molecule has 1 N–H and O–H groups in total. The molecule has 1 aromatic carbocycles. The van der Waals surface area contributed by atoms with Gasteiger partial charge >= 0.3 is 0 Å². The summed E-state index contributed by atoms with van der Waals surface area (Å²) in [6, 6.07) is 9.36. The third-order valence-electron chi connectivity index (χ3n) is 2.48. The molecule has 1 aromatic heterocycles. The molecule has 0 aliphatic heterocycles. The van der Waals surface area contributed by atoms with Crippen molar-refractivity contribution in [3.63, 3.8) is 0 Å². The maximum Gasteiger partial charge on any atom is 0.273 e. The van der Waals surface area contributed by atoms with Crippen LogP contribution in [0.1, 0.15) is 16.3 Å². The number of hydrogen-bond donors (Lipinski definition) is 1. The van der Waals surface area contributed by atoms with Crippen molar-refractivity contribution < 1.29 is 4.79 Å². The number of anilines is 1. The predicted molar refractivity (Wildman–Crippen MR) is 62.3 cm³/mol. The number of carbonyl (C=O) groups is 1. The van der Waals surface area contributed by atoms with Gasteiger partial charge < -0.3 is 9.88 Å². The summed E-state index contributed by atoms with van der Waals surface area (Å²) >= 11 is 0. The van der Waals surface area contributed by atoms with Crippen LogP contribution in [0.5, 0.6) is 0 Å². The lowest BCUT2D eigenvalue weighted by Gasteiger charge is -2.05. The van der Waals surface area contributed by atoms with Crippen LogP contribution >= 0.6 is 0 Å². The molecule has 0 aliphatic carbocycles. The van der Waals surface area contributed by atoms with Crippen molar-refractivity contribution in [2.75, 3.05) is 5.32 Å². The van der Waals surface area contributed by atoms with Crippen molar-refractivity contribution >= 4 is 11.6 Å². The Morgan fingerprint density at radius 1 is 1.31 bits per heavy atom. The van der Waals surface area contributed by atoms with Crippen molar-refractivity contribution in [3.05, 3.63) is 48.0 Å². The van der Waals surface area contributed by atoms with Crippen molar-refractivity contribution in [2.24, 2.45) is 7.05 Å². The molecule has 0 spiro atoms. The van der Waals surface area contributed by atoms with E-state index in [-0.39, 0.29) is 5.91 Å². The van der Waals surface area contributed by atoms with Crippen LogP contribution in [0, 0.1) is 6.92 Å². The molecule has 0 bridgehead atoms. The number of aryl methyl sites for hydroxylation is 1. The number of nitrogens with one attached hydrogen (secondary N) is 1. The van der Waals surface area contributed by atoms with Crippen molar-refractivity contribution in [1.29, 1.82) is 0 Å². The highest BCUT2D eigenvalue weighted by Gasteiger charge is 2.11. The Balaban J connectivity index is 2.18. The summed E-state index contributed by atoms with van der Waals surface area (Å²) in [5.41, 5.74) is 1.34. The predicted octanol–water partition coefficient (Wildman–Crippen LogP) is 1.98. The van der Waals surface area contributed by atoms with Crippen LogP contribution in [-0.4, -0.2) is 15.5 Å². The average molecular weight is 215 g/mol. The minimum absolute atomic E-state index is 0.144. The summed E-state index contributed by atoms with van der Waals surface area (Å²) in [7, 11) is 1.82. The molecule has 2 rings (SSSR count). The molecule has 0 radical (unpaired) electrons. The molecule has 1 amide bonds. The molecule has 16 heavy (non-hydrogen) atoms. The fraction of sp³-hybridized carbons (Fsp3) is 0.167. The van der Waals surface area contributed by atoms with E-state index in [4.69, 9.17) is 0 Å². The minimum Gasteiger partial charge on any atom is -0.327 e. The van der Waals surface area contributed by atoms with E-state index in [0.717, 1.165) is 11.5 Å². The minimum atomic E-state index is -0.144. The number of nitrogens with zero attached hydrogens (tertiary/aromatic N) is 2. The Labute approximate surface area is 93.9 Å². The summed E-state index contributed by atoms with van der Waals surface area (Å²) in [6.07, 6.45) is 1.58. The molecular weight excluding hydrogens is 202 g/mol. The number of benzene rings is 1. The van der Waals surface area contributed by atoms with Gasteiger partial charge in [-0.15, -0.1) is 0 Å². The molecule has 0 atom stereocenters. The zero-order chi connectivity index (χ0) is 11.5.